The second-order valence-corrected chi connectivity index (χ2v) is 19.9. The molecule has 0 spiro atoms. The summed E-state index contributed by atoms with van der Waals surface area (Å²) in [5.74, 6) is 1.04. The molecule has 0 bridgehead atoms. The molecule has 0 N–H and O–H groups in total. The summed E-state index contributed by atoms with van der Waals surface area (Å²) in [5, 5.41) is 0.942. The topological polar surface area (TPSA) is 0 Å². The molecule has 0 radical (unpaired) electrons. The van der Waals surface area contributed by atoms with E-state index in [0.29, 0.717) is 10.3 Å². The molecule has 0 aromatic carbocycles. The molecule has 0 heterocycles. The second kappa shape index (κ2) is 10.2. The summed E-state index contributed by atoms with van der Waals surface area (Å²) in [5.41, 5.74) is 4.32. The van der Waals surface area contributed by atoms with Crippen LogP contribution in [0.4, 0.5) is 0 Å². The highest BCUT2D eigenvalue weighted by Crippen LogP contribution is 2.70. The predicted octanol–water partition coefficient (Wildman–Crippen LogP) is 9.77. The Bertz CT molecular complexity index is 456. The van der Waals surface area contributed by atoms with Crippen LogP contribution < -0.4 is 0 Å². The maximum absolute atomic E-state index is 2.71. The summed E-state index contributed by atoms with van der Waals surface area (Å²) in [4.78, 5) is 0. The fourth-order valence-electron chi connectivity index (χ4n) is 7.92. The van der Waals surface area contributed by atoms with Gasteiger partial charge in [0.2, 0.25) is 0 Å². The van der Waals surface area contributed by atoms with Crippen LogP contribution in [0, 0.1) is 5.92 Å². The third kappa shape index (κ3) is 6.01. The van der Waals surface area contributed by atoms with Gasteiger partial charge in [0, 0.05) is 0 Å². The van der Waals surface area contributed by atoms with Crippen LogP contribution in [-0.4, -0.2) is 32.9 Å². The van der Waals surface area contributed by atoms with Gasteiger partial charge in [-0.05, 0) is 77.4 Å². The Kier molecular flexibility index (Phi) is 8.62. The van der Waals surface area contributed by atoms with Gasteiger partial charge in [-0.3, -0.25) is 0 Å². The van der Waals surface area contributed by atoms with E-state index in [1.54, 1.807) is 64.2 Å². The van der Waals surface area contributed by atoms with Crippen LogP contribution >= 0.6 is 15.8 Å². The molecule has 0 aliphatic heterocycles. The van der Waals surface area contributed by atoms with Crippen molar-refractivity contribution < 1.29 is 0 Å². The zero-order valence-electron chi connectivity index (χ0n) is 21.0. The molecule has 3 fully saturated rings. The molecule has 0 amide bonds. The van der Waals surface area contributed by atoms with E-state index in [2.05, 4.69) is 48.5 Å². The lowest BCUT2D eigenvalue weighted by Crippen LogP contribution is -2.37. The minimum absolute atomic E-state index is 0.00912. The summed E-state index contributed by atoms with van der Waals surface area (Å²) >= 11 is 0. The van der Waals surface area contributed by atoms with Crippen molar-refractivity contribution in [1.29, 1.82) is 0 Å². The van der Waals surface area contributed by atoms with E-state index in [0.717, 1.165) is 28.6 Å². The molecule has 3 rings (SSSR count). The van der Waals surface area contributed by atoms with Gasteiger partial charge in [0.05, 0.1) is 0 Å². The van der Waals surface area contributed by atoms with Crippen LogP contribution in [0.1, 0.15) is 132 Å². The molecule has 0 aromatic rings. The highest BCUT2D eigenvalue weighted by molar-refractivity contribution is 7.62. The minimum Gasteiger partial charge on any atom is -0.0968 e. The fraction of sp³-hybridized carbons (Fsp3) is 1.00. The van der Waals surface area contributed by atoms with E-state index in [4.69, 9.17) is 0 Å². The average Bonchev–Trinajstić information content (AvgIpc) is 3.11. The smallest absolute Gasteiger partial charge is 0.0170 e. The third-order valence-electron chi connectivity index (χ3n) is 8.38. The van der Waals surface area contributed by atoms with E-state index in [9.17, 15) is 0 Å². The first-order chi connectivity index (χ1) is 13.6. The van der Waals surface area contributed by atoms with Gasteiger partial charge in [0.15, 0.2) is 0 Å². The number of hydrogen-bond acceptors (Lipinski definition) is 0. The molecule has 0 nitrogen and oxygen atoms in total. The van der Waals surface area contributed by atoms with Crippen molar-refractivity contribution in [3.05, 3.63) is 0 Å². The lowest BCUT2D eigenvalue weighted by molar-refractivity contribution is 0.466. The van der Waals surface area contributed by atoms with Crippen LogP contribution in [0.2, 0.25) is 0 Å². The molecule has 170 valence electrons. The minimum atomic E-state index is 0.00912. The van der Waals surface area contributed by atoms with E-state index < -0.39 is 0 Å². The summed E-state index contributed by atoms with van der Waals surface area (Å²) in [7, 11) is 0.253. The lowest BCUT2D eigenvalue weighted by atomic mass is 9.99. The van der Waals surface area contributed by atoms with Crippen molar-refractivity contribution in [2.75, 3.05) is 0 Å². The van der Waals surface area contributed by atoms with Crippen molar-refractivity contribution in [2.24, 2.45) is 5.92 Å². The van der Waals surface area contributed by atoms with E-state index >= 15 is 0 Å². The summed E-state index contributed by atoms with van der Waals surface area (Å²) in [6, 6.07) is 0. The normalized spacial score (nSPS) is 29.7. The maximum atomic E-state index is 2.71. The first kappa shape index (κ1) is 24.5. The standard InChI is InChI=1S/C27H52P2/c1-21(29(26(2,3)4)27(5,6)7)24-19-14-20-25(24)28(22-15-10-8-11-16-22)23-17-12-9-13-18-23/h21-25H,8-20H2,1-7H3/t21?,24?,25-/m0/s1. The summed E-state index contributed by atoms with van der Waals surface area (Å²) < 4.78 is 0. The van der Waals surface area contributed by atoms with Gasteiger partial charge in [-0.25, -0.2) is 0 Å². The average molecular weight is 439 g/mol. The van der Waals surface area contributed by atoms with Crippen molar-refractivity contribution in [2.45, 2.75) is 165 Å². The van der Waals surface area contributed by atoms with Gasteiger partial charge in [0.1, 0.15) is 0 Å². The molecular formula is C27H52P2. The molecule has 0 aromatic heterocycles. The Morgan fingerprint density at radius 1 is 0.586 bits per heavy atom. The molecule has 3 aliphatic rings. The SMILES string of the molecule is CC(C1CCC[C@@H]1P(C1CCCCC1)C1CCCCC1)P(C(C)(C)C)C(C)(C)C. The molecule has 29 heavy (non-hydrogen) atoms. The van der Waals surface area contributed by atoms with Crippen LogP contribution in [0.5, 0.6) is 0 Å². The Labute approximate surface area is 186 Å². The molecular weight excluding hydrogens is 386 g/mol. The molecule has 2 heteroatoms. The molecule has 3 aliphatic carbocycles. The van der Waals surface area contributed by atoms with Crippen LogP contribution in [0.15, 0.2) is 0 Å². The fourth-order valence-corrected chi connectivity index (χ4v) is 18.2. The second-order valence-electron chi connectivity index (χ2n) is 12.6. The Morgan fingerprint density at radius 3 is 1.45 bits per heavy atom. The van der Waals surface area contributed by atoms with Crippen molar-refractivity contribution in [3.63, 3.8) is 0 Å². The van der Waals surface area contributed by atoms with Gasteiger partial charge in [-0.1, -0.05) is 109 Å². The van der Waals surface area contributed by atoms with Crippen LogP contribution in [0.3, 0.4) is 0 Å². The van der Waals surface area contributed by atoms with Crippen molar-refractivity contribution >= 4 is 15.8 Å². The molecule has 3 saturated carbocycles. The van der Waals surface area contributed by atoms with E-state index in [-0.39, 0.29) is 15.8 Å². The molecule has 2 unspecified atom stereocenters. The van der Waals surface area contributed by atoms with Gasteiger partial charge >= 0.3 is 0 Å². The van der Waals surface area contributed by atoms with Gasteiger partial charge in [-0.15, -0.1) is 0 Å². The van der Waals surface area contributed by atoms with Crippen molar-refractivity contribution in [3.8, 4) is 0 Å². The van der Waals surface area contributed by atoms with E-state index in [1.807, 2.05) is 0 Å². The van der Waals surface area contributed by atoms with Crippen molar-refractivity contribution in [1.82, 2.24) is 0 Å². The monoisotopic (exact) mass is 438 g/mol. The number of rotatable bonds is 5. The van der Waals surface area contributed by atoms with Gasteiger partial charge in [0.25, 0.3) is 0 Å². The summed E-state index contributed by atoms with van der Waals surface area (Å²) in [6.45, 7) is 18.0. The zero-order chi connectivity index (χ0) is 21.2. The molecule has 0 saturated heterocycles. The van der Waals surface area contributed by atoms with Gasteiger partial charge in [-0.2, -0.15) is 0 Å². The number of hydrogen-bond donors (Lipinski definition) is 0. The Hall–Kier alpha value is 0.860. The maximum Gasteiger partial charge on any atom is -0.0170 e. The predicted molar refractivity (Wildman–Crippen MR) is 138 cm³/mol. The van der Waals surface area contributed by atoms with Crippen LogP contribution in [0.25, 0.3) is 0 Å². The van der Waals surface area contributed by atoms with Gasteiger partial charge < -0.3 is 0 Å². The quantitative estimate of drug-likeness (QED) is 0.375. The van der Waals surface area contributed by atoms with E-state index in [1.165, 1.54) is 19.3 Å². The lowest BCUT2D eigenvalue weighted by Gasteiger charge is -2.51. The highest BCUT2D eigenvalue weighted by Gasteiger charge is 2.48. The first-order valence-corrected chi connectivity index (χ1v) is 16.1. The largest absolute Gasteiger partial charge is 0.0968 e. The highest BCUT2D eigenvalue weighted by atomic mass is 31.1. The zero-order valence-corrected chi connectivity index (χ0v) is 22.8. The summed E-state index contributed by atoms with van der Waals surface area (Å²) in [6.07, 6.45) is 20.2. The Morgan fingerprint density at radius 2 is 1.03 bits per heavy atom. The third-order valence-corrected chi connectivity index (χ3v) is 16.6. The first-order valence-electron chi connectivity index (χ1n) is 13.2. The molecule has 3 atom stereocenters. The van der Waals surface area contributed by atoms with Crippen LogP contribution in [-0.2, 0) is 0 Å². The Balaban J connectivity index is 1.86.